The molecule has 0 heterocycles. The lowest BCUT2D eigenvalue weighted by atomic mass is 10.1. The second-order valence-corrected chi connectivity index (χ2v) is 8.38. The fraction of sp³-hybridized carbons (Fsp3) is 0.923. The zero-order valence-corrected chi connectivity index (χ0v) is 15.4. The van der Waals surface area contributed by atoms with Gasteiger partial charge in [0.25, 0.3) is 10.1 Å². The van der Waals surface area contributed by atoms with Crippen LogP contribution in [-0.4, -0.2) is 68.6 Å². The predicted octanol–water partition coefficient (Wildman–Crippen LogP) is 0.800. The maximum Gasteiger partial charge on any atom is 0.267 e. The van der Waals surface area contributed by atoms with Crippen LogP contribution in [0, 0.1) is 5.92 Å². The van der Waals surface area contributed by atoms with Gasteiger partial charge in [0.1, 0.15) is 0 Å². The third-order valence-electron chi connectivity index (χ3n) is 2.81. The van der Waals surface area contributed by atoms with Crippen molar-refractivity contribution in [3.05, 3.63) is 0 Å². The Balaban J connectivity index is 4.26. The predicted molar refractivity (Wildman–Crippen MR) is 87.8 cm³/mol. The van der Waals surface area contributed by atoms with Crippen molar-refractivity contribution in [2.75, 3.05) is 38.1 Å². The number of ether oxygens (including phenoxy) is 2. The van der Waals surface area contributed by atoms with Gasteiger partial charge in [-0.1, -0.05) is 6.92 Å². The summed E-state index contributed by atoms with van der Waals surface area (Å²) in [6.07, 6.45) is -0.0266. The molecule has 22 heavy (non-hydrogen) atoms. The third-order valence-corrected chi connectivity index (χ3v) is 5.24. The van der Waals surface area contributed by atoms with Crippen LogP contribution in [0.3, 0.4) is 0 Å². The zero-order chi connectivity index (χ0) is 17.4. The van der Waals surface area contributed by atoms with Crippen molar-refractivity contribution < 1.29 is 27.2 Å². The van der Waals surface area contributed by atoms with Gasteiger partial charge < -0.3 is 14.8 Å². The molecule has 0 aromatic rings. The first-order valence-electron chi connectivity index (χ1n) is 6.87. The molecule has 9 heteroatoms. The van der Waals surface area contributed by atoms with Crippen LogP contribution in [0.25, 0.3) is 0 Å². The van der Waals surface area contributed by atoms with Crippen LogP contribution in [0.15, 0.2) is 0 Å². The van der Waals surface area contributed by atoms with E-state index in [-0.39, 0.29) is 17.9 Å². The van der Waals surface area contributed by atoms with Crippen molar-refractivity contribution in [1.29, 1.82) is 0 Å². The lowest BCUT2D eigenvalue weighted by Crippen LogP contribution is -2.50. The number of rotatable bonds is 11. The minimum atomic E-state index is -4.14. The van der Waals surface area contributed by atoms with Gasteiger partial charge in [0.05, 0.1) is 24.0 Å². The average Bonchev–Trinajstić information content (AvgIpc) is 2.33. The molecule has 0 saturated heterocycles. The number of hydrogen-bond acceptors (Lipinski definition) is 6. The van der Waals surface area contributed by atoms with Gasteiger partial charge in [-0.25, -0.2) is 0 Å². The molecule has 7 nitrogen and oxygen atoms in total. The molecular formula is C13H27NO6S2. The minimum absolute atomic E-state index is 0.0266. The van der Waals surface area contributed by atoms with E-state index in [1.165, 1.54) is 0 Å². The highest BCUT2D eigenvalue weighted by Gasteiger charge is 2.28. The average molecular weight is 357 g/mol. The van der Waals surface area contributed by atoms with E-state index in [1.54, 1.807) is 46.8 Å². The summed E-state index contributed by atoms with van der Waals surface area (Å²) in [6, 6.07) is 0. The number of carbonyl (C=O) groups excluding carboxylic acids is 1. The minimum Gasteiger partial charge on any atom is -0.382 e. The SMILES string of the molecule is COCC(CSCC(C)C(=O)NC(C)(C)CS(=O)(=O)O)OC. The number of thioether (sulfide) groups is 1. The molecule has 0 bridgehead atoms. The fourth-order valence-corrected chi connectivity index (χ4v) is 3.89. The van der Waals surface area contributed by atoms with Gasteiger partial charge in [-0.2, -0.15) is 20.2 Å². The lowest BCUT2D eigenvalue weighted by Gasteiger charge is -2.26. The van der Waals surface area contributed by atoms with E-state index in [2.05, 4.69) is 5.32 Å². The van der Waals surface area contributed by atoms with Crippen molar-refractivity contribution in [1.82, 2.24) is 5.32 Å². The van der Waals surface area contributed by atoms with E-state index in [9.17, 15) is 13.2 Å². The molecule has 0 aromatic carbocycles. The summed E-state index contributed by atoms with van der Waals surface area (Å²) in [5.74, 6) is 0.228. The Morgan fingerprint density at radius 3 is 2.36 bits per heavy atom. The molecule has 2 atom stereocenters. The van der Waals surface area contributed by atoms with Gasteiger partial charge >= 0.3 is 0 Å². The molecule has 132 valence electrons. The van der Waals surface area contributed by atoms with Crippen LogP contribution in [0.4, 0.5) is 0 Å². The van der Waals surface area contributed by atoms with Crippen molar-refractivity contribution in [2.24, 2.45) is 5.92 Å². The largest absolute Gasteiger partial charge is 0.382 e. The van der Waals surface area contributed by atoms with Gasteiger partial charge in [-0.05, 0) is 13.8 Å². The standard InChI is InChI=1S/C13H27NO6S2/c1-10(7-21-8-11(20-5)6-19-4)12(15)14-13(2,3)9-22(16,17)18/h10-11H,6-9H2,1-5H3,(H,14,15)(H,16,17,18). The van der Waals surface area contributed by atoms with E-state index < -0.39 is 21.4 Å². The zero-order valence-electron chi connectivity index (χ0n) is 13.8. The highest BCUT2D eigenvalue weighted by Crippen LogP contribution is 2.14. The Kier molecular flexibility index (Phi) is 9.56. The smallest absolute Gasteiger partial charge is 0.267 e. The van der Waals surface area contributed by atoms with E-state index in [0.29, 0.717) is 18.1 Å². The summed E-state index contributed by atoms with van der Waals surface area (Å²) < 4.78 is 40.9. The molecular weight excluding hydrogens is 330 g/mol. The molecule has 0 spiro atoms. The van der Waals surface area contributed by atoms with E-state index in [1.807, 2.05) is 0 Å². The Labute approximate surface area is 137 Å². The number of methoxy groups -OCH3 is 2. The van der Waals surface area contributed by atoms with Gasteiger partial charge in [-0.3, -0.25) is 9.35 Å². The molecule has 0 fully saturated rings. The normalized spacial score (nSPS) is 15.4. The molecule has 0 aliphatic carbocycles. The maximum absolute atomic E-state index is 12.1. The molecule has 0 radical (unpaired) electrons. The Morgan fingerprint density at radius 2 is 1.91 bits per heavy atom. The molecule has 0 aliphatic rings. The monoisotopic (exact) mass is 357 g/mol. The molecule has 2 unspecified atom stereocenters. The first-order chi connectivity index (χ1) is 10.0. The molecule has 1 amide bonds. The second-order valence-electron chi connectivity index (χ2n) is 5.85. The fourth-order valence-electron chi connectivity index (χ4n) is 1.77. The van der Waals surface area contributed by atoms with Gasteiger partial charge in [0.2, 0.25) is 5.91 Å². The summed E-state index contributed by atoms with van der Waals surface area (Å²) in [6.45, 7) is 5.37. The van der Waals surface area contributed by atoms with Crippen molar-refractivity contribution >= 4 is 27.8 Å². The second kappa shape index (κ2) is 9.71. The quantitative estimate of drug-likeness (QED) is 0.527. The van der Waals surface area contributed by atoms with E-state index in [4.69, 9.17) is 14.0 Å². The summed E-state index contributed by atoms with van der Waals surface area (Å²) >= 11 is 1.57. The van der Waals surface area contributed by atoms with Crippen LogP contribution in [-0.2, 0) is 24.4 Å². The first-order valence-corrected chi connectivity index (χ1v) is 9.64. The third kappa shape index (κ3) is 10.4. The number of carbonyl (C=O) groups is 1. The molecule has 0 rings (SSSR count). The molecule has 0 aliphatic heterocycles. The van der Waals surface area contributed by atoms with Crippen molar-refractivity contribution in [3.63, 3.8) is 0 Å². The van der Waals surface area contributed by atoms with Crippen LogP contribution in [0.1, 0.15) is 20.8 Å². The number of amides is 1. The van der Waals surface area contributed by atoms with Crippen LogP contribution >= 0.6 is 11.8 Å². The lowest BCUT2D eigenvalue weighted by molar-refractivity contribution is -0.125. The first kappa shape index (κ1) is 21.6. The maximum atomic E-state index is 12.1. The van der Waals surface area contributed by atoms with Gasteiger partial charge in [0.15, 0.2) is 0 Å². The summed E-state index contributed by atoms with van der Waals surface area (Å²) in [7, 11) is -0.931. The summed E-state index contributed by atoms with van der Waals surface area (Å²) in [5.41, 5.74) is -1.02. The van der Waals surface area contributed by atoms with E-state index >= 15 is 0 Å². The number of nitrogens with one attached hydrogen (secondary N) is 1. The van der Waals surface area contributed by atoms with Crippen LogP contribution in [0.5, 0.6) is 0 Å². The summed E-state index contributed by atoms with van der Waals surface area (Å²) in [5, 5.41) is 2.64. The van der Waals surface area contributed by atoms with Crippen LogP contribution in [0.2, 0.25) is 0 Å². The number of hydrogen-bond donors (Lipinski definition) is 2. The van der Waals surface area contributed by atoms with Crippen LogP contribution < -0.4 is 5.32 Å². The molecule has 0 saturated carbocycles. The van der Waals surface area contributed by atoms with Crippen molar-refractivity contribution in [2.45, 2.75) is 32.4 Å². The Morgan fingerprint density at radius 1 is 1.32 bits per heavy atom. The highest BCUT2D eigenvalue weighted by atomic mass is 32.2. The van der Waals surface area contributed by atoms with Gasteiger partial charge in [0, 0.05) is 31.6 Å². The van der Waals surface area contributed by atoms with Gasteiger partial charge in [-0.15, -0.1) is 0 Å². The topological polar surface area (TPSA) is 102 Å². The Hall–Kier alpha value is -0.350. The van der Waals surface area contributed by atoms with Crippen molar-refractivity contribution in [3.8, 4) is 0 Å². The summed E-state index contributed by atoms with van der Waals surface area (Å²) in [4.78, 5) is 12.1. The highest BCUT2D eigenvalue weighted by molar-refractivity contribution is 7.99. The molecule has 2 N–H and O–H groups in total. The molecule has 0 aromatic heterocycles. The Bertz CT molecular complexity index is 438. The van der Waals surface area contributed by atoms with E-state index in [0.717, 1.165) is 0 Å².